The summed E-state index contributed by atoms with van der Waals surface area (Å²) in [6.07, 6.45) is 0. The number of benzene rings is 6. The van der Waals surface area contributed by atoms with Gasteiger partial charge in [-0.05, 0) is 68.7 Å². The highest BCUT2D eigenvalue weighted by Crippen LogP contribution is 2.35. The van der Waals surface area contributed by atoms with Crippen LogP contribution < -0.4 is 0 Å². The minimum Gasteiger partial charge on any atom is -0.0622 e. The minimum absolute atomic E-state index is 1.01. The molecule has 0 amide bonds. The Kier molecular flexibility index (Phi) is 5.04. The van der Waals surface area contributed by atoms with Gasteiger partial charge < -0.3 is 0 Å². The summed E-state index contributed by atoms with van der Waals surface area (Å²) in [6, 6.07) is 41.8. The molecule has 0 heterocycles. The van der Waals surface area contributed by atoms with Crippen LogP contribution in [0.4, 0.5) is 0 Å². The first kappa shape index (κ1) is 19.9. The van der Waals surface area contributed by atoms with Gasteiger partial charge in [0.05, 0.1) is 0 Å². The van der Waals surface area contributed by atoms with E-state index in [1.807, 2.05) is 60.7 Å². The zero-order valence-corrected chi connectivity index (χ0v) is 18.5. The van der Waals surface area contributed by atoms with Gasteiger partial charge in [-0.25, -0.2) is 0 Å². The van der Waals surface area contributed by atoms with Gasteiger partial charge >= 0.3 is 0 Å². The van der Waals surface area contributed by atoms with Crippen LogP contribution in [-0.4, -0.2) is 0 Å². The average Bonchev–Trinajstić information content (AvgIpc) is 2.91. The van der Waals surface area contributed by atoms with E-state index in [2.05, 4.69) is 84.3 Å². The van der Waals surface area contributed by atoms with Crippen LogP contribution in [0.3, 0.4) is 0 Å². The van der Waals surface area contributed by atoms with Gasteiger partial charge in [0.2, 0.25) is 0 Å². The van der Waals surface area contributed by atoms with Crippen molar-refractivity contribution in [2.45, 2.75) is 0 Å². The second-order valence-corrected chi connectivity index (χ2v) is 8.27. The summed E-state index contributed by atoms with van der Waals surface area (Å²) in [5.41, 5.74) is 4.09. The molecule has 0 aromatic heterocycles. The topological polar surface area (TPSA) is 0 Å². The lowest BCUT2D eigenvalue weighted by Gasteiger charge is -2.12. The first-order valence-corrected chi connectivity index (χ1v) is 11.4. The quantitative estimate of drug-likeness (QED) is 0.170. The van der Waals surface area contributed by atoms with Crippen molar-refractivity contribution >= 4 is 32.3 Å². The maximum atomic E-state index is 3.44. The standard InChI is InChI=1S/C34H20/c1-3-11-25(12-4-1)19-21-27-23-29-24-28(22-20-26-13-5-2-6-14-26)31-16-8-10-18-33(31)34(29)32-17-9-7-15-30(27)32/h1-18,23-24H. The molecule has 34 heavy (non-hydrogen) atoms. The third-order valence-corrected chi connectivity index (χ3v) is 6.09. The average molecular weight is 429 g/mol. The molecule has 0 radical (unpaired) electrons. The van der Waals surface area contributed by atoms with Gasteiger partial charge in [0.25, 0.3) is 0 Å². The van der Waals surface area contributed by atoms with Crippen molar-refractivity contribution in [2.75, 3.05) is 0 Å². The highest BCUT2D eigenvalue weighted by Gasteiger charge is 2.11. The molecule has 0 saturated heterocycles. The molecule has 156 valence electrons. The van der Waals surface area contributed by atoms with Gasteiger partial charge in [0.1, 0.15) is 0 Å². The Morgan fingerprint density at radius 1 is 0.353 bits per heavy atom. The molecule has 6 aromatic carbocycles. The predicted molar refractivity (Wildman–Crippen MR) is 144 cm³/mol. The molecule has 0 unspecified atom stereocenters. The normalized spacial score (nSPS) is 10.5. The number of rotatable bonds is 0. The number of hydrogen-bond acceptors (Lipinski definition) is 0. The molecule has 0 spiro atoms. The van der Waals surface area contributed by atoms with E-state index in [1.165, 1.54) is 26.9 Å². The summed E-state index contributed by atoms with van der Waals surface area (Å²) in [7, 11) is 0. The van der Waals surface area contributed by atoms with Crippen LogP contribution in [0.2, 0.25) is 0 Å². The van der Waals surface area contributed by atoms with Crippen molar-refractivity contribution in [3.8, 4) is 23.7 Å². The lowest BCUT2D eigenvalue weighted by atomic mass is 9.91. The van der Waals surface area contributed by atoms with Gasteiger partial charge in [-0.2, -0.15) is 0 Å². The molecule has 0 fully saturated rings. The zero-order chi connectivity index (χ0) is 22.7. The molecule has 0 aliphatic rings. The SMILES string of the molecule is C(#Cc1cc2cc(C#Cc3ccccc3)c3ccccc3c2c2ccccc12)c1ccccc1. The molecule has 0 heteroatoms. The van der Waals surface area contributed by atoms with Crippen LogP contribution in [0.1, 0.15) is 22.3 Å². The maximum absolute atomic E-state index is 3.44. The van der Waals surface area contributed by atoms with Crippen molar-refractivity contribution in [2.24, 2.45) is 0 Å². The fourth-order valence-electron chi connectivity index (χ4n) is 4.51. The lowest BCUT2D eigenvalue weighted by Crippen LogP contribution is -1.89. The first-order chi connectivity index (χ1) is 16.9. The molecule has 0 saturated carbocycles. The van der Waals surface area contributed by atoms with Gasteiger partial charge in [-0.15, -0.1) is 0 Å². The third-order valence-electron chi connectivity index (χ3n) is 6.09. The molecule has 0 atom stereocenters. The molecular weight excluding hydrogens is 408 g/mol. The molecule has 0 aliphatic carbocycles. The fraction of sp³-hybridized carbons (Fsp3) is 0. The van der Waals surface area contributed by atoms with Crippen molar-refractivity contribution in [3.63, 3.8) is 0 Å². The smallest absolute Gasteiger partial charge is 0.0333 e. The molecule has 6 aromatic rings. The van der Waals surface area contributed by atoms with Crippen LogP contribution in [0.5, 0.6) is 0 Å². The molecule has 0 N–H and O–H groups in total. The Bertz CT molecular complexity index is 1650. The van der Waals surface area contributed by atoms with Gasteiger partial charge in [-0.3, -0.25) is 0 Å². The Morgan fingerprint density at radius 2 is 0.735 bits per heavy atom. The van der Waals surface area contributed by atoms with E-state index in [1.54, 1.807) is 0 Å². The van der Waals surface area contributed by atoms with E-state index in [0.717, 1.165) is 27.6 Å². The summed E-state index contributed by atoms with van der Waals surface area (Å²) < 4.78 is 0. The van der Waals surface area contributed by atoms with Crippen molar-refractivity contribution in [1.29, 1.82) is 0 Å². The first-order valence-electron chi connectivity index (χ1n) is 11.4. The van der Waals surface area contributed by atoms with Crippen LogP contribution in [0.25, 0.3) is 32.3 Å². The van der Waals surface area contributed by atoms with Gasteiger partial charge in [0, 0.05) is 22.3 Å². The van der Waals surface area contributed by atoms with E-state index < -0.39 is 0 Å². The highest BCUT2D eigenvalue weighted by atomic mass is 14.1. The Balaban J connectivity index is 1.64. The monoisotopic (exact) mass is 428 g/mol. The fourth-order valence-corrected chi connectivity index (χ4v) is 4.51. The van der Waals surface area contributed by atoms with Crippen LogP contribution in [0, 0.1) is 23.7 Å². The van der Waals surface area contributed by atoms with E-state index in [9.17, 15) is 0 Å². The van der Waals surface area contributed by atoms with Crippen molar-refractivity contribution in [1.82, 2.24) is 0 Å². The second-order valence-electron chi connectivity index (χ2n) is 8.27. The second kappa shape index (κ2) is 8.63. The van der Waals surface area contributed by atoms with Crippen LogP contribution in [-0.2, 0) is 0 Å². The summed E-state index contributed by atoms with van der Waals surface area (Å²) in [5, 5.41) is 7.19. The van der Waals surface area contributed by atoms with E-state index in [4.69, 9.17) is 0 Å². The van der Waals surface area contributed by atoms with E-state index in [-0.39, 0.29) is 0 Å². The lowest BCUT2D eigenvalue weighted by molar-refractivity contribution is 1.64. The Labute approximate surface area is 199 Å². The van der Waals surface area contributed by atoms with Crippen molar-refractivity contribution < 1.29 is 0 Å². The van der Waals surface area contributed by atoms with Gasteiger partial charge in [0.15, 0.2) is 0 Å². The number of hydrogen-bond donors (Lipinski definition) is 0. The predicted octanol–water partition coefficient (Wildman–Crippen LogP) is 7.95. The summed E-state index contributed by atoms with van der Waals surface area (Å²) >= 11 is 0. The molecule has 0 bridgehead atoms. The van der Waals surface area contributed by atoms with Gasteiger partial charge in [-0.1, -0.05) is 109 Å². The molecule has 0 nitrogen and oxygen atoms in total. The Hall–Kier alpha value is -4.78. The maximum Gasteiger partial charge on any atom is 0.0333 e. The largest absolute Gasteiger partial charge is 0.0622 e. The highest BCUT2D eigenvalue weighted by molar-refractivity contribution is 6.22. The van der Waals surface area contributed by atoms with E-state index in [0.29, 0.717) is 0 Å². The van der Waals surface area contributed by atoms with Crippen molar-refractivity contribution in [3.05, 3.63) is 144 Å². The van der Waals surface area contributed by atoms with E-state index >= 15 is 0 Å². The Morgan fingerprint density at radius 3 is 1.18 bits per heavy atom. The summed E-state index contributed by atoms with van der Waals surface area (Å²) in [5.74, 6) is 13.5. The molecular formula is C34H20. The van der Waals surface area contributed by atoms with Crippen LogP contribution in [0.15, 0.2) is 121 Å². The summed E-state index contributed by atoms with van der Waals surface area (Å²) in [6.45, 7) is 0. The zero-order valence-electron chi connectivity index (χ0n) is 18.5. The minimum atomic E-state index is 1.01. The molecule has 0 aliphatic heterocycles. The molecule has 6 rings (SSSR count). The number of fused-ring (bicyclic) bond motifs is 5. The van der Waals surface area contributed by atoms with Crippen LogP contribution >= 0.6 is 0 Å². The third kappa shape index (κ3) is 3.69. The summed E-state index contributed by atoms with van der Waals surface area (Å²) in [4.78, 5) is 0.